The molecule has 0 spiro atoms. The van der Waals surface area contributed by atoms with E-state index in [2.05, 4.69) is 40.3 Å². The van der Waals surface area contributed by atoms with Crippen LogP contribution in [0.4, 0.5) is 5.69 Å². The topological polar surface area (TPSA) is 70.7 Å². The van der Waals surface area contributed by atoms with E-state index in [1.54, 1.807) is 24.3 Å². The summed E-state index contributed by atoms with van der Waals surface area (Å²) in [4.78, 5) is 26.3. The van der Waals surface area contributed by atoms with Crippen molar-refractivity contribution in [2.24, 2.45) is 0 Å². The lowest BCUT2D eigenvalue weighted by molar-refractivity contribution is 0.0490. The largest absolute Gasteiger partial charge is 0.494 e. The molecule has 0 saturated carbocycles. The number of hydrogen-bond donors (Lipinski definition) is 2. The van der Waals surface area contributed by atoms with Gasteiger partial charge in [0.15, 0.2) is 0 Å². The molecule has 0 bridgehead atoms. The Hall–Kier alpha value is -3.07. The van der Waals surface area contributed by atoms with Crippen LogP contribution in [-0.4, -0.2) is 23.4 Å². The predicted molar refractivity (Wildman–Crippen MR) is 132 cm³/mol. The van der Waals surface area contributed by atoms with Crippen LogP contribution in [-0.2, 0) is 0 Å². The highest BCUT2D eigenvalue weighted by atomic mass is 127. The number of para-hydroxylation sites is 1. The molecule has 4 rings (SSSR count). The highest BCUT2D eigenvalue weighted by molar-refractivity contribution is 14.1. The van der Waals surface area contributed by atoms with Crippen LogP contribution in [0.25, 0.3) is 0 Å². The third kappa shape index (κ3) is 4.72. The molecule has 3 aromatic carbocycles. The fourth-order valence-corrected chi connectivity index (χ4v) is 4.13. The molecule has 164 valence electrons. The highest BCUT2D eigenvalue weighted by Crippen LogP contribution is 2.32. The molecule has 6 nitrogen and oxygen atoms in total. The van der Waals surface area contributed by atoms with Crippen molar-refractivity contribution in [2.75, 3.05) is 11.9 Å². The summed E-state index contributed by atoms with van der Waals surface area (Å²) in [6.45, 7) is 2.79. The molecular weight excluding hydrogens is 517 g/mol. The first-order valence-corrected chi connectivity index (χ1v) is 11.6. The van der Waals surface area contributed by atoms with Gasteiger partial charge < -0.3 is 10.1 Å². The van der Waals surface area contributed by atoms with Gasteiger partial charge in [-0.3, -0.25) is 15.0 Å². The Kier molecular flexibility index (Phi) is 6.94. The van der Waals surface area contributed by atoms with Crippen molar-refractivity contribution in [2.45, 2.75) is 25.9 Å². The van der Waals surface area contributed by atoms with E-state index in [1.807, 2.05) is 48.5 Å². The number of nitrogens with zero attached hydrogens (tertiary/aromatic N) is 1. The lowest BCUT2D eigenvalue weighted by atomic mass is 10.0. The van der Waals surface area contributed by atoms with Crippen molar-refractivity contribution in [1.29, 1.82) is 0 Å². The van der Waals surface area contributed by atoms with Crippen LogP contribution in [0, 0.1) is 3.57 Å². The van der Waals surface area contributed by atoms with Crippen molar-refractivity contribution in [3.63, 3.8) is 0 Å². The number of halogens is 1. The molecule has 1 aliphatic heterocycles. The van der Waals surface area contributed by atoms with Gasteiger partial charge in [0.1, 0.15) is 11.9 Å². The van der Waals surface area contributed by atoms with Crippen LogP contribution in [0.3, 0.4) is 0 Å². The minimum Gasteiger partial charge on any atom is -0.494 e. The zero-order chi connectivity index (χ0) is 22.5. The maximum Gasteiger partial charge on any atom is 0.276 e. The average Bonchev–Trinajstić information content (AvgIpc) is 2.82. The number of ether oxygens (including phenoxy) is 1. The van der Waals surface area contributed by atoms with E-state index in [-0.39, 0.29) is 11.8 Å². The van der Waals surface area contributed by atoms with Crippen molar-refractivity contribution < 1.29 is 14.3 Å². The maximum absolute atomic E-state index is 13.3. The Balaban J connectivity index is 1.63. The second kappa shape index (κ2) is 10.0. The van der Waals surface area contributed by atoms with Gasteiger partial charge in [-0.05, 0) is 71.0 Å². The van der Waals surface area contributed by atoms with Gasteiger partial charge in [0.05, 0.1) is 17.7 Å². The minimum atomic E-state index is -0.563. The third-order valence-electron chi connectivity index (χ3n) is 5.23. The highest BCUT2D eigenvalue weighted by Gasteiger charge is 2.34. The van der Waals surface area contributed by atoms with Crippen molar-refractivity contribution in [1.82, 2.24) is 10.4 Å². The van der Waals surface area contributed by atoms with Gasteiger partial charge in [-0.15, -0.1) is 0 Å². The van der Waals surface area contributed by atoms with Crippen LogP contribution < -0.4 is 15.5 Å². The van der Waals surface area contributed by atoms with E-state index in [0.717, 1.165) is 33.4 Å². The van der Waals surface area contributed by atoms with Crippen LogP contribution in [0.2, 0.25) is 0 Å². The number of nitrogens with one attached hydrogen (secondary N) is 2. The summed E-state index contributed by atoms with van der Waals surface area (Å²) in [5.41, 5.74) is 5.40. The number of rotatable bonds is 7. The number of carbonyl (C=O) groups excluding carboxylic acids is 2. The lowest BCUT2D eigenvalue weighted by Gasteiger charge is -2.37. The van der Waals surface area contributed by atoms with Crippen LogP contribution in [0.5, 0.6) is 5.75 Å². The molecule has 1 heterocycles. The van der Waals surface area contributed by atoms with E-state index in [4.69, 9.17) is 4.74 Å². The van der Waals surface area contributed by atoms with Gasteiger partial charge in [-0.25, -0.2) is 5.01 Å². The molecule has 32 heavy (non-hydrogen) atoms. The minimum absolute atomic E-state index is 0.271. The summed E-state index contributed by atoms with van der Waals surface area (Å²) in [6.07, 6.45) is 1.50. The molecule has 0 unspecified atom stereocenters. The Labute approximate surface area is 201 Å². The normalized spacial score (nSPS) is 15.0. The summed E-state index contributed by atoms with van der Waals surface area (Å²) in [5, 5.41) is 4.75. The maximum atomic E-state index is 13.3. The number of hydrogen-bond acceptors (Lipinski definition) is 4. The number of benzene rings is 3. The fourth-order valence-electron chi connectivity index (χ4n) is 3.50. The zero-order valence-electron chi connectivity index (χ0n) is 17.7. The van der Waals surface area contributed by atoms with Crippen LogP contribution in [0.1, 0.15) is 52.2 Å². The number of carbonyl (C=O) groups is 2. The van der Waals surface area contributed by atoms with Gasteiger partial charge >= 0.3 is 0 Å². The molecular formula is C25H24IN3O3. The SMILES string of the molecule is CCCCOc1ccc([C@H]2Nc3ccccc3C(=O)N2NC(=O)c2ccccc2I)cc1. The molecule has 0 radical (unpaired) electrons. The molecule has 3 aromatic rings. The third-order valence-corrected chi connectivity index (χ3v) is 6.17. The fraction of sp³-hybridized carbons (Fsp3) is 0.200. The smallest absolute Gasteiger partial charge is 0.276 e. The second-order valence-electron chi connectivity index (χ2n) is 7.46. The summed E-state index contributed by atoms with van der Waals surface area (Å²) in [5.74, 6) is 0.167. The average molecular weight is 541 g/mol. The van der Waals surface area contributed by atoms with Gasteiger partial charge in [0.25, 0.3) is 11.8 Å². The summed E-state index contributed by atoms with van der Waals surface area (Å²) >= 11 is 2.12. The quantitative estimate of drug-likeness (QED) is 0.311. The van der Waals surface area contributed by atoms with Gasteiger partial charge in [-0.2, -0.15) is 0 Å². The summed E-state index contributed by atoms with van der Waals surface area (Å²) in [6, 6.07) is 22.2. The molecule has 7 heteroatoms. The monoisotopic (exact) mass is 541 g/mol. The first-order valence-electron chi connectivity index (χ1n) is 10.6. The Morgan fingerprint density at radius 3 is 2.53 bits per heavy atom. The predicted octanol–water partition coefficient (Wildman–Crippen LogP) is 5.38. The van der Waals surface area contributed by atoms with E-state index in [9.17, 15) is 9.59 Å². The summed E-state index contributed by atoms with van der Waals surface area (Å²) in [7, 11) is 0. The van der Waals surface area contributed by atoms with Gasteiger partial charge in [-0.1, -0.05) is 49.7 Å². The number of fused-ring (bicyclic) bond motifs is 1. The molecule has 1 atom stereocenters. The zero-order valence-corrected chi connectivity index (χ0v) is 19.8. The first kappa shape index (κ1) is 22.1. The first-order chi connectivity index (χ1) is 15.6. The molecule has 2 amide bonds. The number of unbranched alkanes of at least 4 members (excludes halogenated alkanes) is 1. The molecule has 0 aliphatic carbocycles. The molecule has 2 N–H and O–H groups in total. The molecule has 0 fully saturated rings. The van der Waals surface area contributed by atoms with E-state index < -0.39 is 6.17 Å². The number of amides is 2. The van der Waals surface area contributed by atoms with Crippen molar-refractivity contribution >= 4 is 40.1 Å². The van der Waals surface area contributed by atoms with E-state index >= 15 is 0 Å². The Bertz CT molecular complexity index is 1120. The molecule has 0 saturated heterocycles. The lowest BCUT2D eigenvalue weighted by Crippen LogP contribution is -2.53. The second-order valence-corrected chi connectivity index (χ2v) is 8.62. The number of anilines is 1. The van der Waals surface area contributed by atoms with E-state index in [0.29, 0.717) is 17.7 Å². The molecule has 1 aliphatic rings. The standard InChI is InChI=1S/C25H24IN3O3/c1-2-3-16-32-18-14-12-17(13-15-18)23-27-22-11-7-5-9-20(22)25(31)29(23)28-24(30)19-8-4-6-10-21(19)26/h4-15,23,27H,2-3,16H2,1H3,(H,28,30)/t23-/m0/s1. The Morgan fingerprint density at radius 1 is 1.06 bits per heavy atom. The van der Waals surface area contributed by atoms with Gasteiger partial charge in [0.2, 0.25) is 0 Å². The van der Waals surface area contributed by atoms with Crippen LogP contribution >= 0.6 is 22.6 Å². The van der Waals surface area contributed by atoms with Crippen molar-refractivity contribution in [3.8, 4) is 5.75 Å². The van der Waals surface area contributed by atoms with Crippen LogP contribution in [0.15, 0.2) is 72.8 Å². The Morgan fingerprint density at radius 2 is 1.78 bits per heavy atom. The van der Waals surface area contributed by atoms with E-state index in [1.165, 1.54) is 5.01 Å². The van der Waals surface area contributed by atoms with Gasteiger partial charge in [0, 0.05) is 9.26 Å². The summed E-state index contributed by atoms with van der Waals surface area (Å²) < 4.78 is 6.57. The van der Waals surface area contributed by atoms with Crippen molar-refractivity contribution in [3.05, 3.63) is 93.1 Å². The molecule has 0 aromatic heterocycles. The number of hydrazine groups is 1.